The van der Waals surface area contributed by atoms with Crippen molar-refractivity contribution in [2.45, 2.75) is 19.8 Å². The van der Waals surface area contributed by atoms with E-state index in [1.54, 1.807) is 0 Å². The first kappa shape index (κ1) is 10.6. The minimum atomic E-state index is 0.405. The van der Waals surface area contributed by atoms with Gasteiger partial charge in [-0.05, 0) is 28.7 Å². The summed E-state index contributed by atoms with van der Waals surface area (Å²) in [6, 6.07) is 3.91. The van der Waals surface area contributed by atoms with Gasteiger partial charge in [-0.25, -0.2) is 0 Å². The fraction of sp³-hybridized carbons (Fsp3) is 0.231. The Bertz CT molecular complexity index is 362. The Morgan fingerprint density at radius 2 is 1.86 bits per heavy atom. The molecule has 0 aliphatic carbocycles. The van der Waals surface area contributed by atoms with Crippen LogP contribution >= 0.6 is 0 Å². The molecule has 0 fully saturated rings. The van der Waals surface area contributed by atoms with Gasteiger partial charge in [0.15, 0.2) is 0 Å². The summed E-state index contributed by atoms with van der Waals surface area (Å²) < 4.78 is 0. The predicted octanol–water partition coefficient (Wildman–Crippen LogP) is 3.68. The highest BCUT2D eigenvalue weighted by Gasteiger charge is 2.10. The Balaban J connectivity index is 3.50. The van der Waals surface area contributed by atoms with Crippen molar-refractivity contribution in [2.75, 3.05) is 5.73 Å². The molecule has 0 amide bonds. The van der Waals surface area contributed by atoms with Crippen LogP contribution in [-0.2, 0) is 0 Å². The maximum absolute atomic E-state index is 5.94. The van der Waals surface area contributed by atoms with Crippen LogP contribution in [0.3, 0.4) is 0 Å². The summed E-state index contributed by atoms with van der Waals surface area (Å²) in [5.74, 6) is 0.405. The van der Waals surface area contributed by atoms with E-state index in [9.17, 15) is 0 Å². The minimum absolute atomic E-state index is 0.405. The molecule has 1 aromatic carbocycles. The van der Waals surface area contributed by atoms with Crippen molar-refractivity contribution in [2.24, 2.45) is 0 Å². The van der Waals surface area contributed by atoms with Crippen LogP contribution in [0.15, 0.2) is 25.3 Å². The summed E-state index contributed by atoms with van der Waals surface area (Å²) >= 11 is 0. The minimum Gasteiger partial charge on any atom is -0.398 e. The molecule has 0 atom stereocenters. The van der Waals surface area contributed by atoms with E-state index in [1.807, 2.05) is 24.3 Å². The van der Waals surface area contributed by atoms with E-state index in [0.717, 1.165) is 22.4 Å². The van der Waals surface area contributed by atoms with Gasteiger partial charge in [0.1, 0.15) is 0 Å². The number of benzene rings is 1. The van der Waals surface area contributed by atoms with Crippen molar-refractivity contribution in [1.82, 2.24) is 0 Å². The molecule has 0 radical (unpaired) electrons. The zero-order valence-electron chi connectivity index (χ0n) is 8.88. The predicted molar refractivity (Wildman–Crippen MR) is 65.1 cm³/mol. The molecule has 0 aliphatic heterocycles. The van der Waals surface area contributed by atoms with E-state index in [2.05, 4.69) is 27.0 Å². The molecule has 0 aromatic heterocycles. The summed E-state index contributed by atoms with van der Waals surface area (Å²) in [6.45, 7) is 11.9. The zero-order chi connectivity index (χ0) is 10.7. The fourth-order valence-corrected chi connectivity index (χ4v) is 1.72. The lowest BCUT2D eigenvalue weighted by Gasteiger charge is -2.15. The van der Waals surface area contributed by atoms with Crippen molar-refractivity contribution in [3.63, 3.8) is 0 Å². The number of nitrogen functional groups attached to an aromatic ring is 1. The molecular formula is C13H17N. The van der Waals surface area contributed by atoms with Crippen LogP contribution < -0.4 is 5.73 Å². The second kappa shape index (κ2) is 4.14. The molecule has 1 nitrogen and oxygen atoms in total. The molecular weight excluding hydrogens is 170 g/mol. The Hall–Kier alpha value is -1.50. The van der Waals surface area contributed by atoms with Crippen LogP contribution in [0.2, 0.25) is 0 Å². The molecule has 14 heavy (non-hydrogen) atoms. The topological polar surface area (TPSA) is 26.0 Å². The molecule has 0 heterocycles. The lowest BCUT2D eigenvalue weighted by atomic mass is 9.91. The van der Waals surface area contributed by atoms with Crippen LogP contribution in [0.1, 0.15) is 36.5 Å². The molecule has 0 aliphatic rings. The molecule has 0 bridgehead atoms. The Morgan fingerprint density at radius 3 is 2.29 bits per heavy atom. The van der Waals surface area contributed by atoms with E-state index in [-0.39, 0.29) is 0 Å². The molecule has 74 valence electrons. The van der Waals surface area contributed by atoms with Gasteiger partial charge in [0.25, 0.3) is 0 Å². The zero-order valence-corrected chi connectivity index (χ0v) is 8.88. The summed E-state index contributed by atoms with van der Waals surface area (Å²) in [5, 5.41) is 0. The third-order valence-electron chi connectivity index (χ3n) is 2.36. The van der Waals surface area contributed by atoms with Crippen LogP contribution in [0.5, 0.6) is 0 Å². The molecule has 2 N–H and O–H groups in total. The van der Waals surface area contributed by atoms with Crippen molar-refractivity contribution in [3.8, 4) is 0 Å². The maximum atomic E-state index is 5.94. The number of rotatable bonds is 3. The average molecular weight is 187 g/mol. The number of anilines is 1. The van der Waals surface area contributed by atoms with E-state index < -0.39 is 0 Å². The molecule has 0 saturated carbocycles. The van der Waals surface area contributed by atoms with Crippen LogP contribution in [0, 0.1) is 0 Å². The molecule has 0 saturated heterocycles. The van der Waals surface area contributed by atoms with Gasteiger partial charge in [-0.3, -0.25) is 0 Å². The van der Waals surface area contributed by atoms with Crippen molar-refractivity contribution >= 4 is 17.8 Å². The van der Waals surface area contributed by atoms with Gasteiger partial charge < -0.3 is 5.73 Å². The Morgan fingerprint density at radius 1 is 1.21 bits per heavy atom. The average Bonchev–Trinajstić information content (AvgIpc) is 2.16. The maximum Gasteiger partial charge on any atom is 0.0355 e. The van der Waals surface area contributed by atoms with Crippen LogP contribution in [-0.4, -0.2) is 0 Å². The molecule has 1 heteroatoms. The van der Waals surface area contributed by atoms with Gasteiger partial charge >= 0.3 is 0 Å². The summed E-state index contributed by atoms with van der Waals surface area (Å²) in [7, 11) is 0. The van der Waals surface area contributed by atoms with E-state index in [0.29, 0.717) is 5.92 Å². The monoisotopic (exact) mass is 187 g/mol. The largest absolute Gasteiger partial charge is 0.398 e. The lowest BCUT2D eigenvalue weighted by molar-refractivity contribution is 0.867. The molecule has 1 rings (SSSR count). The number of hydrogen-bond donors (Lipinski definition) is 1. The van der Waals surface area contributed by atoms with E-state index in [4.69, 9.17) is 5.73 Å². The standard InChI is InChI=1S/C13H17N/c1-5-10-7-8-12(14)13(9(3)4)11(10)6-2/h5-9H,1-2,14H2,3-4H3. The highest BCUT2D eigenvalue weighted by atomic mass is 14.6. The normalized spacial score (nSPS) is 10.2. The number of nitrogens with two attached hydrogens (primary N) is 1. The third-order valence-corrected chi connectivity index (χ3v) is 2.36. The fourth-order valence-electron chi connectivity index (χ4n) is 1.72. The number of hydrogen-bond acceptors (Lipinski definition) is 1. The first-order valence-electron chi connectivity index (χ1n) is 4.79. The van der Waals surface area contributed by atoms with Crippen LogP contribution in [0.25, 0.3) is 12.2 Å². The summed E-state index contributed by atoms with van der Waals surface area (Å²) in [5.41, 5.74) is 10.1. The van der Waals surface area contributed by atoms with Gasteiger partial charge in [-0.1, -0.05) is 45.2 Å². The van der Waals surface area contributed by atoms with Gasteiger partial charge in [-0.15, -0.1) is 0 Å². The molecule has 0 unspecified atom stereocenters. The highest BCUT2D eigenvalue weighted by Crippen LogP contribution is 2.29. The Labute approximate surface area is 85.9 Å². The van der Waals surface area contributed by atoms with Gasteiger partial charge in [-0.2, -0.15) is 0 Å². The summed E-state index contributed by atoms with van der Waals surface area (Å²) in [4.78, 5) is 0. The Kier molecular flexibility index (Phi) is 3.13. The van der Waals surface area contributed by atoms with E-state index in [1.165, 1.54) is 0 Å². The van der Waals surface area contributed by atoms with Crippen molar-refractivity contribution in [1.29, 1.82) is 0 Å². The van der Waals surface area contributed by atoms with Crippen LogP contribution in [0.4, 0.5) is 5.69 Å². The highest BCUT2D eigenvalue weighted by molar-refractivity contribution is 5.72. The van der Waals surface area contributed by atoms with Gasteiger partial charge in [0.2, 0.25) is 0 Å². The SMILES string of the molecule is C=Cc1ccc(N)c(C(C)C)c1C=C. The lowest BCUT2D eigenvalue weighted by Crippen LogP contribution is -2.01. The first-order valence-corrected chi connectivity index (χ1v) is 4.79. The third kappa shape index (κ3) is 1.72. The van der Waals surface area contributed by atoms with Crippen molar-refractivity contribution in [3.05, 3.63) is 42.0 Å². The quantitative estimate of drug-likeness (QED) is 0.718. The second-order valence-corrected chi connectivity index (χ2v) is 3.63. The van der Waals surface area contributed by atoms with E-state index >= 15 is 0 Å². The van der Waals surface area contributed by atoms with Gasteiger partial charge in [0.05, 0.1) is 0 Å². The van der Waals surface area contributed by atoms with Crippen molar-refractivity contribution < 1.29 is 0 Å². The summed E-state index contributed by atoms with van der Waals surface area (Å²) in [6.07, 6.45) is 3.69. The smallest absolute Gasteiger partial charge is 0.0355 e. The first-order chi connectivity index (χ1) is 6.61. The van der Waals surface area contributed by atoms with Gasteiger partial charge in [0, 0.05) is 5.69 Å². The molecule has 0 spiro atoms. The molecule has 1 aromatic rings. The second-order valence-electron chi connectivity index (χ2n) is 3.63.